The Morgan fingerprint density at radius 2 is 0.605 bits per heavy atom. The summed E-state index contributed by atoms with van der Waals surface area (Å²) in [5.74, 6) is 0. The van der Waals surface area contributed by atoms with Crippen LogP contribution in [0.1, 0.15) is 0 Å². The maximum Gasteiger partial charge on any atom is -0.00181 e. The Kier molecular flexibility index (Phi) is 6.55. The van der Waals surface area contributed by atoms with Crippen LogP contribution in [0.3, 0.4) is 0 Å². The van der Waals surface area contributed by atoms with Crippen LogP contribution in [0.4, 0.5) is 0 Å². The summed E-state index contributed by atoms with van der Waals surface area (Å²) in [6.45, 7) is -4.42. The first-order valence-corrected chi connectivity index (χ1v) is 16.8. The smallest absolute Gasteiger partial charge is 0.00181 e. The Bertz CT molecular complexity index is 1570. The van der Waals surface area contributed by atoms with Crippen LogP contribution in [-0.2, 0) is 0 Å². The average molecular weight is 525 g/mol. The van der Waals surface area contributed by atoms with E-state index in [1.165, 1.54) is 42.6 Å². The summed E-state index contributed by atoms with van der Waals surface area (Å²) in [7, 11) is 0. The van der Waals surface area contributed by atoms with Crippen molar-refractivity contribution in [2.24, 2.45) is 0 Å². The molecule has 0 bridgehead atoms. The van der Waals surface area contributed by atoms with E-state index < -0.39 is 13.8 Å². The van der Waals surface area contributed by atoms with E-state index in [9.17, 15) is 0 Å². The number of benzene rings is 6. The van der Waals surface area contributed by atoms with E-state index in [0.717, 1.165) is 0 Å². The van der Waals surface area contributed by atoms with Crippen LogP contribution in [0.25, 0.3) is 10.8 Å². The lowest BCUT2D eigenvalue weighted by Crippen LogP contribution is -2.31. The molecule has 2 heteroatoms. The van der Waals surface area contributed by atoms with Crippen LogP contribution in [0, 0.1) is 0 Å². The lowest BCUT2D eigenvalue weighted by atomic mass is 10.1. The van der Waals surface area contributed by atoms with Crippen molar-refractivity contribution in [1.82, 2.24) is 0 Å². The van der Waals surface area contributed by atoms with Crippen molar-refractivity contribution < 1.29 is 0 Å². The largest absolute Gasteiger partial charge is 0.0887 e. The van der Waals surface area contributed by atoms with E-state index in [2.05, 4.69) is 158 Å². The summed E-state index contributed by atoms with van der Waals surface area (Å²) in [6.07, 6.45) is 10.2. The Labute approximate surface area is 226 Å². The Hall–Kier alpha value is -3.82. The topological polar surface area (TPSA) is 0 Å². The van der Waals surface area contributed by atoms with Gasteiger partial charge in [0.15, 0.2) is 0 Å². The van der Waals surface area contributed by atoms with Gasteiger partial charge < -0.3 is 0 Å². The van der Waals surface area contributed by atoms with Gasteiger partial charge in [-0.15, -0.1) is 0 Å². The van der Waals surface area contributed by atoms with Gasteiger partial charge in [-0.25, -0.2) is 0 Å². The molecule has 0 aliphatic rings. The summed E-state index contributed by atoms with van der Waals surface area (Å²) in [4.78, 5) is 0. The number of hydrogen-bond donors (Lipinski definition) is 0. The van der Waals surface area contributed by atoms with Crippen molar-refractivity contribution in [3.8, 4) is 0 Å². The molecule has 38 heavy (non-hydrogen) atoms. The summed E-state index contributed by atoms with van der Waals surface area (Å²) >= 11 is 0. The monoisotopic (exact) mass is 524 g/mol. The van der Waals surface area contributed by atoms with Crippen LogP contribution < -0.4 is 31.8 Å². The van der Waals surface area contributed by atoms with Crippen LogP contribution in [0.5, 0.6) is 0 Å². The fraction of sp³-hybridized carbons (Fsp3) is 0. The fourth-order valence-electron chi connectivity index (χ4n) is 5.52. The highest BCUT2D eigenvalue weighted by Crippen LogP contribution is 2.48. The third-order valence-corrected chi connectivity index (χ3v) is 14.6. The molecule has 0 amide bonds. The predicted octanol–water partition coefficient (Wildman–Crippen LogP) is 6.29. The zero-order valence-electron chi connectivity index (χ0n) is 21.3. The van der Waals surface area contributed by atoms with Gasteiger partial charge in [-0.2, -0.15) is 0 Å². The van der Waals surface area contributed by atoms with Crippen molar-refractivity contribution in [3.63, 3.8) is 0 Å². The summed E-state index contributed by atoms with van der Waals surface area (Å²) in [5, 5.41) is 10.3. The lowest BCUT2D eigenvalue weighted by Gasteiger charge is -2.32. The normalized spacial score (nSPS) is 11.9. The third kappa shape index (κ3) is 4.02. The molecular weight excluding hydrogens is 494 g/mol. The molecule has 0 fully saturated rings. The first kappa shape index (κ1) is 24.5. The van der Waals surface area contributed by atoms with Crippen molar-refractivity contribution in [3.05, 3.63) is 158 Å². The molecule has 6 aromatic carbocycles. The molecule has 0 unspecified atom stereocenters. The zero-order chi connectivity index (χ0) is 26.0. The van der Waals surface area contributed by atoms with Gasteiger partial charge in [0, 0.05) is 0 Å². The van der Waals surface area contributed by atoms with E-state index in [-0.39, 0.29) is 0 Å². The van der Waals surface area contributed by atoms with E-state index >= 15 is 0 Å². The average Bonchev–Trinajstić information content (AvgIpc) is 3.01. The SMILES string of the molecule is C=P(c1ccccc1)(c1ccccc1)c1cccc2cccc(P(=C)(c3ccccc3)c3ccccc3)c12. The molecule has 0 atom stereocenters. The zero-order valence-corrected chi connectivity index (χ0v) is 23.1. The molecule has 0 N–H and O–H groups in total. The number of hydrogen-bond acceptors (Lipinski definition) is 0. The van der Waals surface area contributed by atoms with Crippen LogP contribution in [-0.4, -0.2) is 12.6 Å². The van der Waals surface area contributed by atoms with Crippen LogP contribution in [0.15, 0.2) is 158 Å². The number of rotatable bonds is 6. The molecule has 0 saturated carbocycles. The molecule has 0 saturated heterocycles. The molecule has 0 radical (unpaired) electrons. The van der Waals surface area contributed by atoms with Gasteiger partial charge in [-0.05, 0) is 56.4 Å². The standard InChI is InChI=1S/C36H30P2/c1-37(30-19-7-3-8-20-30,31-21-9-4-10-22-31)34-27-15-17-29-18-16-28-35(36(29)34)38(2,32-23-11-5-12-24-32)33-25-13-6-14-26-33/h3-28H,1-2H2. The van der Waals surface area contributed by atoms with E-state index in [1.807, 2.05) is 0 Å². The highest BCUT2D eigenvalue weighted by Gasteiger charge is 2.29. The molecule has 6 aromatic rings. The summed E-state index contributed by atoms with van der Waals surface area (Å²) in [6, 6.07) is 56.9. The minimum Gasteiger partial charge on any atom is -0.0887 e. The summed E-state index contributed by atoms with van der Waals surface area (Å²) < 4.78 is 0. The van der Waals surface area contributed by atoms with Gasteiger partial charge in [0.2, 0.25) is 0 Å². The molecule has 184 valence electrons. The Balaban J connectivity index is 1.76. The maximum atomic E-state index is 5.10. The minimum atomic E-state index is -2.21. The molecule has 0 aromatic heterocycles. The first-order chi connectivity index (χ1) is 18.6. The quantitative estimate of drug-likeness (QED) is 0.225. The molecule has 6 rings (SSSR count). The molecule has 0 aliphatic heterocycles. The molecule has 0 heterocycles. The number of fused-ring (bicyclic) bond motifs is 1. The second-order valence-corrected chi connectivity index (χ2v) is 15.9. The van der Waals surface area contributed by atoms with Gasteiger partial charge in [0.25, 0.3) is 0 Å². The predicted molar refractivity (Wildman–Crippen MR) is 176 cm³/mol. The highest BCUT2D eigenvalue weighted by atomic mass is 31.2. The van der Waals surface area contributed by atoms with E-state index in [0.29, 0.717) is 0 Å². The highest BCUT2D eigenvalue weighted by molar-refractivity contribution is 7.95. The molecule has 0 aliphatic carbocycles. The van der Waals surface area contributed by atoms with Gasteiger partial charge in [-0.3, -0.25) is 0 Å². The van der Waals surface area contributed by atoms with Crippen LogP contribution in [0.2, 0.25) is 0 Å². The first-order valence-electron chi connectivity index (χ1n) is 12.9. The van der Waals surface area contributed by atoms with Gasteiger partial charge in [0.05, 0.1) is 0 Å². The molecule has 0 spiro atoms. The molecular formula is C36H30P2. The van der Waals surface area contributed by atoms with Crippen LogP contribution >= 0.6 is 13.8 Å². The lowest BCUT2D eigenvalue weighted by molar-refractivity contribution is 1.74. The third-order valence-electron chi connectivity index (χ3n) is 7.47. The summed E-state index contributed by atoms with van der Waals surface area (Å²) in [5.41, 5.74) is 0. The van der Waals surface area contributed by atoms with Crippen molar-refractivity contribution in [2.45, 2.75) is 0 Å². The minimum absolute atomic E-state index is 1.24. The van der Waals surface area contributed by atoms with Crippen molar-refractivity contribution in [1.29, 1.82) is 0 Å². The van der Waals surface area contributed by atoms with Gasteiger partial charge in [0.1, 0.15) is 0 Å². The van der Waals surface area contributed by atoms with Crippen molar-refractivity contribution >= 4 is 69.0 Å². The second kappa shape index (κ2) is 10.2. The van der Waals surface area contributed by atoms with E-state index in [4.69, 9.17) is 12.6 Å². The van der Waals surface area contributed by atoms with Crippen molar-refractivity contribution in [2.75, 3.05) is 0 Å². The van der Waals surface area contributed by atoms with E-state index in [1.54, 1.807) is 0 Å². The van der Waals surface area contributed by atoms with Gasteiger partial charge >= 0.3 is 0 Å². The Morgan fingerprint density at radius 3 is 0.895 bits per heavy atom. The Morgan fingerprint density at radius 1 is 0.316 bits per heavy atom. The van der Waals surface area contributed by atoms with Gasteiger partial charge in [-0.1, -0.05) is 170 Å². The molecule has 0 nitrogen and oxygen atoms in total. The second-order valence-electron chi connectivity index (χ2n) is 9.61. The maximum absolute atomic E-state index is 5.10. The fourth-order valence-corrected chi connectivity index (χ4v) is 12.0.